The summed E-state index contributed by atoms with van der Waals surface area (Å²) in [7, 11) is 1.69. The molecule has 0 aliphatic carbocycles. The Balaban J connectivity index is 1.68. The lowest BCUT2D eigenvalue weighted by Crippen LogP contribution is -2.25. The molecule has 34 heavy (non-hydrogen) atoms. The van der Waals surface area contributed by atoms with Gasteiger partial charge in [0.15, 0.2) is 5.71 Å². The number of pyridine rings is 1. The Hall–Kier alpha value is -4.52. The molecule has 2 heterocycles. The highest BCUT2D eigenvalue weighted by Gasteiger charge is 2.31. The number of carbonyl (C=O) groups is 1. The van der Waals surface area contributed by atoms with E-state index in [0.29, 0.717) is 27.6 Å². The van der Waals surface area contributed by atoms with Crippen molar-refractivity contribution in [2.24, 2.45) is 10.2 Å². The van der Waals surface area contributed by atoms with Crippen LogP contribution >= 0.6 is 0 Å². The number of carbonyl (C=O) groups excluding carboxylic acids is 1. The topological polar surface area (TPSA) is 87.3 Å². The number of anilines is 1. The summed E-state index contributed by atoms with van der Waals surface area (Å²) in [5.41, 5.74) is 4.33. The molecule has 7 heteroatoms. The van der Waals surface area contributed by atoms with E-state index in [1.54, 1.807) is 37.4 Å². The van der Waals surface area contributed by atoms with Crippen LogP contribution in [0.3, 0.4) is 0 Å². The third kappa shape index (κ3) is 3.29. The number of aromatic nitrogens is 1. The van der Waals surface area contributed by atoms with Gasteiger partial charge in [-0.15, -0.1) is 5.10 Å². The standard InChI is InChI=1S/C27H22N4O3/c1-16-12-13-18(14-17(16)2)31-25(32)20-9-5-4-8-19(20)22(26(31)33)15-28-29-24-21-10-6-7-11-23(21)30(3)27(24)34/h4-15,33H,1-3H3/b28-15+,29-24+. The minimum Gasteiger partial charge on any atom is -0.494 e. The summed E-state index contributed by atoms with van der Waals surface area (Å²) in [6.07, 6.45) is 1.38. The van der Waals surface area contributed by atoms with Crippen LogP contribution in [0.2, 0.25) is 0 Å². The zero-order chi connectivity index (χ0) is 24.0. The van der Waals surface area contributed by atoms with Gasteiger partial charge >= 0.3 is 0 Å². The van der Waals surface area contributed by atoms with Crippen LogP contribution in [0.15, 0.2) is 81.7 Å². The molecule has 4 aromatic rings. The van der Waals surface area contributed by atoms with E-state index in [2.05, 4.69) is 10.2 Å². The van der Waals surface area contributed by atoms with Gasteiger partial charge in [-0.1, -0.05) is 42.5 Å². The third-order valence-electron chi connectivity index (χ3n) is 6.22. The summed E-state index contributed by atoms with van der Waals surface area (Å²) in [6.45, 7) is 3.94. The Bertz CT molecular complexity index is 1600. The van der Waals surface area contributed by atoms with Gasteiger partial charge in [-0.3, -0.25) is 9.59 Å². The van der Waals surface area contributed by atoms with Crippen LogP contribution in [0.1, 0.15) is 22.3 Å². The molecule has 1 aliphatic rings. The smallest absolute Gasteiger partial charge is 0.279 e. The van der Waals surface area contributed by atoms with Gasteiger partial charge < -0.3 is 10.0 Å². The van der Waals surface area contributed by atoms with Crippen molar-refractivity contribution in [2.45, 2.75) is 13.8 Å². The number of nitrogens with zero attached hydrogens (tertiary/aromatic N) is 4. The molecule has 0 bridgehead atoms. The Morgan fingerprint density at radius 2 is 1.59 bits per heavy atom. The fourth-order valence-corrected chi connectivity index (χ4v) is 4.18. The zero-order valence-corrected chi connectivity index (χ0v) is 19.0. The van der Waals surface area contributed by atoms with Crippen LogP contribution in [0.25, 0.3) is 16.5 Å². The number of fused-ring (bicyclic) bond motifs is 2. The first-order chi connectivity index (χ1) is 16.4. The van der Waals surface area contributed by atoms with Crippen LogP contribution in [-0.2, 0) is 4.79 Å². The molecular formula is C27H22N4O3. The molecule has 1 amide bonds. The second-order valence-electron chi connectivity index (χ2n) is 8.27. The van der Waals surface area contributed by atoms with Crippen molar-refractivity contribution in [1.82, 2.24) is 4.57 Å². The Morgan fingerprint density at radius 1 is 0.882 bits per heavy atom. The molecule has 7 nitrogen and oxygen atoms in total. The minimum absolute atomic E-state index is 0.223. The molecule has 1 N–H and O–H groups in total. The molecule has 0 unspecified atom stereocenters. The number of hydrogen-bond acceptors (Lipinski definition) is 5. The predicted octanol–water partition coefficient (Wildman–Crippen LogP) is 4.11. The summed E-state index contributed by atoms with van der Waals surface area (Å²) >= 11 is 0. The van der Waals surface area contributed by atoms with Crippen molar-refractivity contribution < 1.29 is 9.90 Å². The lowest BCUT2D eigenvalue weighted by atomic mass is 10.1. The van der Waals surface area contributed by atoms with Gasteiger partial charge in [-0.25, -0.2) is 4.57 Å². The Kier molecular flexibility index (Phi) is 5.09. The first kappa shape index (κ1) is 21.3. The molecule has 0 atom stereocenters. The molecule has 1 aliphatic heterocycles. The predicted molar refractivity (Wildman–Crippen MR) is 135 cm³/mol. The fraction of sp³-hybridized carbons (Fsp3) is 0.111. The normalized spacial score (nSPS) is 14.5. The molecule has 5 rings (SSSR count). The number of aryl methyl sites for hydroxylation is 2. The maximum atomic E-state index is 13.3. The molecule has 0 saturated heterocycles. The zero-order valence-electron chi connectivity index (χ0n) is 19.0. The molecule has 0 spiro atoms. The maximum absolute atomic E-state index is 13.3. The van der Waals surface area contributed by atoms with E-state index in [1.807, 2.05) is 50.2 Å². The van der Waals surface area contributed by atoms with Crippen LogP contribution in [-0.4, -0.2) is 34.6 Å². The highest BCUT2D eigenvalue weighted by molar-refractivity contribution is 6.54. The highest BCUT2D eigenvalue weighted by Crippen LogP contribution is 2.29. The molecule has 3 aromatic carbocycles. The molecular weight excluding hydrogens is 428 g/mol. The average molecular weight is 450 g/mol. The van der Waals surface area contributed by atoms with Gasteiger partial charge in [-0.05, 0) is 49.2 Å². The first-order valence-corrected chi connectivity index (χ1v) is 10.8. The van der Waals surface area contributed by atoms with Crippen LogP contribution in [0.4, 0.5) is 5.69 Å². The summed E-state index contributed by atoms with van der Waals surface area (Å²) < 4.78 is 1.27. The van der Waals surface area contributed by atoms with E-state index < -0.39 is 0 Å². The SMILES string of the molecule is Cc1ccc(-n2c(O)c(/C=N/N=C3/C(=O)N(C)c4ccccc43)c3ccccc3c2=O)cc1C. The van der Waals surface area contributed by atoms with Crippen molar-refractivity contribution in [3.05, 3.63) is 99.3 Å². The molecule has 0 saturated carbocycles. The van der Waals surface area contributed by atoms with Crippen LogP contribution in [0.5, 0.6) is 5.88 Å². The maximum Gasteiger partial charge on any atom is 0.279 e. The van der Waals surface area contributed by atoms with E-state index in [9.17, 15) is 14.7 Å². The fourth-order valence-electron chi connectivity index (χ4n) is 4.18. The van der Waals surface area contributed by atoms with Gasteiger partial charge in [0.05, 0.1) is 23.2 Å². The minimum atomic E-state index is -0.332. The number of benzene rings is 3. The number of likely N-dealkylation sites (N-methyl/N-ethyl adjacent to an activating group) is 1. The van der Waals surface area contributed by atoms with Crippen molar-refractivity contribution in [1.29, 1.82) is 0 Å². The largest absolute Gasteiger partial charge is 0.494 e. The molecule has 0 fully saturated rings. The highest BCUT2D eigenvalue weighted by atomic mass is 16.3. The lowest BCUT2D eigenvalue weighted by Gasteiger charge is -2.14. The molecule has 168 valence electrons. The summed E-state index contributed by atoms with van der Waals surface area (Å²) in [5, 5.41) is 20.5. The Morgan fingerprint density at radius 3 is 2.35 bits per heavy atom. The summed E-state index contributed by atoms with van der Waals surface area (Å²) in [4.78, 5) is 27.5. The number of aromatic hydroxyl groups is 1. The number of para-hydroxylation sites is 1. The average Bonchev–Trinajstić information content (AvgIpc) is 3.08. The van der Waals surface area contributed by atoms with E-state index >= 15 is 0 Å². The monoisotopic (exact) mass is 450 g/mol. The van der Waals surface area contributed by atoms with E-state index in [-0.39, 0.29) is 23.1 Å². The van der Waals surface area contributed by atoms with Gasteiger partial charge in [0.2, 0.25) is 5.88 Å². The number of rotatable bonds is 3. The van der Waals surface area contributed by atoms with Crippen LogP contribution < -0.4 is 10.5 Å². The van der Waals surface area contributed by atoms with Crippen molar-refractivity contribution >= 4 is 34.3 Å². The van der Waals surface area contributed by atoms with Gasteiger partial charge in [0, 0.05) is 23.4 Å². The lowest BCUT2D eigenvalue weighted by molar-refractivity contribution is -0.111. The quantitative estimate of drug-likeness (QED) is 0.376. The molecule has 1 aromatic heterocycles. The summed E-state index contributed by atoms with van der Waals surface area (Å²) in [5.74, 6) is -0.501. The second kappa shape index (κ2) is 8.12. The third-order valence-corrected chi connectivity index (χ3v) is 6.22. The second-order valence-corrected chi connectivity index (χ2v) is 8.27. The van der Waals surface area contributed by atoms with Crippen LogP contribution in [0, 0.1) is 13.8 Å². The number of amides is 1. The van der Waals surface area contributed by atoms with Crippen molar-refractivity contribution in [3.63, 3.8) is 0 Å². The van der Waals surface area contributed by atoms with E-state index in [0.717, 1.165) is 16.8 Å². The summed E-state index contributed by atoms with van der Waals surface area (Å²) in [6, 6.07) is 19.9. The van der Waals surface area contributed by atoms with E-state index in [1.165, 1.54) is 15.7 Å². The first-order valence-electron chi connectivity index (χ1n) is 10.8. The van der Waals surface area contributed by atoms with E-state index in [4.69, 9.17) is 0 Å². The van der Waals surface area contributed by atoms with Gasteiger partial charge in [-0.2, -0.15) is 5.10 Å². The Labute approximate surface area is 195 Å². The van der Waals surface area contributed by atoms with Crippen molar-refractivity contribution in [2.75, 3.05) is 11.9 Å². The van der Waals surface area contributed by atoms with Gasteiger partial charge in [0.25, 0.3) is 11.5 Å². The molecule has 0 radical (unpaired) electrons. The van der Waals surface area contributed by atoms with Gasteiger partial charge in [0.1, 0.15) is 0 Å². The number of hydrogen-bond donors (Lipinski definition) is 1. The van der Waals surface area contributed by atoms with Crippen molar-refractivity contribution in [3.8, 4) is 11.6 Å².